The van der Waals surface area contributed by atoms with Crippen LogP contribution in [-0.2, 0) is 21.1 Å². The highest BCUT2D eigenvalue weighted by molar-refractivity contribution is 8.06. The van der Waals surface area contributed by atoms with Gasteiger partial charge in [0.15, 0.2) is 5.82 Å². The smallest absolute Gasteiger partial charge is 0.321 e. The Balaban J connectivity index is 2.33. The average molecular weight is 388 g/mol. The molecule has 1 aromatic rings. The van der Waals surface area contributed by atoms with Crippen molar-refractivity contribution in [3.05, 3.63) is 17.0 Å². The maximum atomic E-state index is 9.18. The molecule has 140 valence electrons. The van der Waals surface area contributed by atoms with Crippen molar-refractivity contribution in [3.63, 3.8) is 0 Å². The van der Waals surface area contributed by atoms with E-state index in [0.29, 0.717) is 11.2 Å². The Labute approximate surface area is 151 Å². The lowest BCUT2D eigenvalue weighted by Gasteiger charge is -2.17. The largest absolute Gasteiger partial charge is 0.382 e. The summed E-state index contributed by atoms with van der Waals surface area (Å²) in [5.74, 6) is 0.364. The van der Waals surface area contributed by atoms with Crippen LogP contribution in [0.15, 0.2) is 11.3 Å². The van der Waals surface area contributed by atoms with Gasteiger partial charge in [-0.3, -0.25) is 0 Å². The summed E-state index contributed by atoms with van der Waals surface area (Å²) in [5, 5.41) is 1.55. The minimum absolute atomic E-state index is 0.0581. The first-order chi connectivity index (χ1) is 11.8. The Morgan fingerprint density at radius 3 is 2.92 bits per heavy atom. The third kappa shape index (κ3) is 5.20. The van der Waals surface area contributed by atoms with Crippen molar-refractivity contribution in [1.29, 1.82) is 0 Å². The highest BCUT2D eigenvalue weighted by atomic mass is 32.5. The van der Waals surface area contributed by atoms with Gasteiger partial charge >= 0.3 is 6.72 Å². The highest BCUT2D eigenvalue weighted by Crippen LogP contribution is 2.38. The molecule has 4 N–H and O–H groups in total. The highest BCUT2D eigenvalue weighted by Gasteiger charge is 2.29. The minimum Gasteiger partial charge on any atom is -0.382 e. The van der Waals surface area contributed by atoms with Gasteiger partial charge in [0.05, 0.1) is 24.4 Å². The number of hydrogen-bond acceptors (Lipinski definition) is 6. The molecule has 10 heteroatoms. The Bertz CT molecular complexity index is 801. The first-order valence-corrected chi connectivity index (χ1v) is 10.8. The third-order valence-electron chi connectivity index (χ3n) is 4.06. The SMILES string of the molecule is CC=N/C(N)=c1/ncn(C2CCC(COP(O)(O)=S)O2)/c1=C(/C)CC. The Kier molecular flexibility index (Phi) is 6.90. The molecule has 0 amide bonds. The van der Waals surface area contributed by atoms with Gasteiger partial charge in [-0.05, 0) is 50.5 Å². The molecular weight excluding hydrogens is 363 g/mol. The molecule has 8 nitrogen and oxygen atoms in total. The zero-order valence-electron chi connectivity index (χ0n) is 14.6. The predicted molar refractivity (Wildman–Crippen MR) is 100 cm³/mol. The van der Waals surface area contributed by atoms with Crippen LogP contribution in [-0.4, -0.2) is 38.3 Å². The fourth-order valence-electron chi connectivity index (χ4n) is 2.75. The second-order valence-electron chi connectivity index (χ2n) is 5.83. The summed E-state index contributed by atoms with van der Waals surface area (Å²) in [5.41, 5.74) is 7.17. The Morgan fingerprint density at radius 1 is 1.60 bits per heavy atom. The summed E-state index contributed by atoms with van der Waals surface area (Å²) in [6, 6.07) is 0. The van der Waals surface area contributed by atoms with E-state index < -0.39 is 6.72 Å². The van der Waals surface area contributed by atoms with Crippen LogP contribution in [0.3, 0.4) is 0 Å². The molecule has 1 aliphatic heterocycles. The first-order valence-electron chi connectivity index (χ1n) is 8.13. The molecule has 2 atom stereocenters. The van der Waals surface area contributed by atoms with Crippen LogP contribution < -0.4 is 16.4 Å². The van der Waals surface area contributed by atoms with E-state index in [4.69, 9.17) is 15.0 Å². The summed E-state index contributed by atoms with van der Waals surface area (Å²) in [4.78, 5) is 26.9. The predicted octanol–water partition coefficient (Wildman–Crippen LogP) is 0.482. The van der Waals surface area contributed by atoms with Gasteiger partial charge in [-0.15, -0.1) is 0 Å². The molecule has 1 fully saturated rings. The number of nitrogens with zero attached hydrogens (tertiary/aromatic N) is 3. The zero-order chi connectivity index (χ0) is 18.6. The zero-order valence-corrected chi connectivity index (χ0v) is 16.3. The molecule has 2 heterocycles. The van der Waals surface area contributed by atoms with Crippen molar-refractivity contribution in [3.8, 4) is 0 Å². The number of aliphatic imine (C=N–C) groups is 1. The number of imidazole rings is 1. The van der Waals surface area contributed by atoms with Crippen molar-refractivity contribution < 1.29 is 19.0 Å². The van der Waals surface area contributed by atoms with Gasteiger partial charge in [-0.2, -0.15) is 0 Å². The molecule has 0 saturated carbocycles. The second kappa shape index (κ2) is 8.53. The molecule has 25 heavy (non-hydrogen) atoms. The number of aromatic nitrogens is 2. The molecule has 1 saturated heterocycles. The molecule has 0 aromatic carbocycles. The van der Waals surface area contributed by atoms with Crippen LogP contribution in [0, 0.1) is 0 Å². The van der Waals surface area contributed by atoms with E-state index in [1.165, 1.54) is 0 Å². The second-order valence-corrected chi connectivity index (χ2v) is 8.50. The molecule has 2 rings (SSSR count). The molecule has 1 aliphatic rings. The fourth-order valence-corrected chi connectivity index (χ4v) is 3.29. The normalized spacial score (nSPS) is 24.0. The third-order valence-corrected chi connectivity index (χ3v) is 4.86. The van der Waals surface area contributed by atoms with E-state index in [0.717, 1.165) is 30.2 Å². The quantitative estimate of drug-likeness (QED) is 0.480. The van der Waals surface area contributed by atoms with Crippen molar-refractivity contribution in [2.75, 3.05) is 6.61 Å². The van der Waals surface area contributed by atoms with E-state index in [2.05, 4.69) is 28.7 Å². The number of nitrogens with two attached hydrogens (primary N) is 1. The van der Waals surface area contributed by atoms with Crippen molar-refractivity contribution in [2.24, 2.45) is 10.7 Å². The van der Waals surface area contributed by atoms with Gasteiger partial charge in [0.1, 0.15) is 11.6 Å². The van der Waals surface area contributed by atoms with E-state index >= 15 is 0 Å². The van der Waals surface area contributed by atoms with Gasteiger partial charge in [0.25, 0.3) is 0 Å². The summed E-state index contributed by atoms with van der Waals surface area (Å²) < 4.78 is 12.8. The van der Waals surface area contributed by atoms with Crippen molar-refractivity contribution >= 4 is 36.1 Å². The molecule has 0 spiro atoms. The standard InChI is InChI=1S/C15H25N4O4PS/c1-4-10(3)14-13(15(16)17-5-2)18-9-19(14)12-7-6-11(23-12)8-22-24(20,21)25/h5,9,11-12H,4,6-8,16H2,1-3H3,(H2,20,21,25)/b14-10-,15-13+,17-5?. The number of hydrogen-bond donors (Lipinski definition) is 3. The van der Waals surface area contributed by atoms with E-state index in [-0.39, 0.29) is 18.9 Å². The Hall–Kier alpha value is -1.09. The topological polar surface area (TPSA) is 115 Å². The molecule has 2 unspecified atom stereocenters. The van der Waals surface area contributed by atoms with E-state index in [9.17, 15) is 9.79 Å². The number of ether oxygens (including phenoxy) is 1. The van der Waals surface area contributed by atoms with Crippen molar-refractivity contribution in [2.45, 2.75) is 52.4 Å². The lowest BCUT2D eigenvalue weighted by atomic mass is 10.2. The lowest BCUT2D eigenvalue weighted by molar-refractivity contribution is -0.0208. The molecule has 0 radical (unpaired) electrons. The lowest BCUT2D eigenvalue weighted by Crippen LogP contribution is -2.37. The summed E-state index contributed by atoms with van der Waals surface area (Å²) in [7, 11) is 0. The molecule has 0 aliphatic carbocycles. The van der Waals surface area contributed by atoms with Crippen molar-refractivity contribution in [1.82, 2.24) is 9.55 Å². The fraction of sp³-hybridized carbons (Fsp3) is 0.600. The van der Waals surface area contributed by atoms with Crippen LogP contribution in [0.4, 0.5) is 0 Å². The van der Waals surface area contributed by atoms with Gasteiger partial charge in [0.2, 0.25) is 0 Å². The van der Waals surface area contributed by atoms with Gasteiger partial charge in [0, 0.05) is 6.21 Å². The van der Waals surface area contributed by atoms with Gasteiger partial charge in [-0.25, -0.2) is 9.98 Å². The van der Waals surface area contributed by atoms with E-state index in [1.807, 2.05) is 11.5 Å². The minimum atomic E-state index is -3.66. The van der Waals surface area contributed by atoms with Gasteiger partial charge in [-0.1, -0.05) is 6.92 Å². The molecular formula is C15H25N4O4PS. The summed E-state index contributed by atoms with van der Waals surface area (Å²) >= 11 is 4.47. The van der Waals surface area contributed by atoms with Crippen LogP contribution >= 0.6 is 6.72 Å². The molecule has 0 bridgehead atoms. The summed E-state index contributed by atoms with van der Waals surface area (Å²) in [6.07, 6.45) is 5.20. The van der Waals surface area contributed by atoms with Crippen LogP contribution in [0.1, 0.15) is 46.3 Å². The first kappa shape index (κ1) is 20.2. The monoisotopic (exact) mass is 388 g/mol. The van der Waals surface area contributed by atoms with Crippen LogP contribution in [0.5, 0.6) is 0 Å². The van der Waals surface area contributed by atoms with Crippen LogP contribution in [0.2, 0.25) is 0 Å². The Morgan fingerprint density at radius 2 is 2.32 bits per heavy atom. The van der Waals surface area contributed by atoms with Crippen LogP contribution in [0.25, 0.3) is 11.4 Å². The maximum absolute atomic E-state index is 9.18. The maximum Gasteiger partial charge on any atom is 0.321 e. The average Bonchev–Trinajstić information content (AvgIpc) is 3.18. The van der Waals surface area contributed by atoms with Gasteiger partial charge < -0.3 is 29.3 Å². The van der Waals surface area contributed by atoms with E-state index in [1.54, 1.807) is 19.5 Å². The molecule has 1 aromatic heterocycles. The summed E-state index contributed by atoms with van der Waals surface area (Å²) in [6.45, 7) is 2.29. The number of rotatable bonds is 6.